The number of nitrogens with zero attached hydrogens (tertiary/aromatic N) is 2. The van der Waals surface area contributed by atoms with Crippen LogP contribution in [0.15, 0.2) is 21.3 Å². The number of piperidine rings is 1. The molecule has 8 heteroatoms. The number of hydrogen-bond acceptors (Lipinski definition) is 6. The van der Waals surface area contributed by atoms with Crippen LogP contribution in [0.25, 0.3) is 11.0 Å². The maximum atomic E-state index is 12.8. The molecule has 166 valence electrons. The summed E-state index contributed by atoms with van der Waals surface area (Å²) in [5, 5.41) is 0.719. The minimum atomic E-state index is -0.364. The number of ether oxygens (including phenoxy) is 2. The third-order valence-corrected chi connectivity index (χ3v) is 6.49. The second-order valence-corrected chi connectivity index (χ2v) is 8.67. The first-order valence-electron chi connectivity index (χ1n) is 10.5. The van der Waals surface area contributed by atoms with E-state index >= 15 is 0 Å². The van der Waals surface area contributed by atoms with E-state index in [9.17, 15) is 14.4 Å². The van der Waals surface area contributed by atoms with E-state index in [0.717, 1.165) is 16.5 Å². The van der Waals surface area contributed by atoms with Crippen molar-refractivity contribution in [1.29, 1.82) is 0 Å². The number of morpholine rings is 1. The topological polar surface area (TPSA) is 89.3 Å². The van der Waals surface area contributed by atoms with E-state index in [1.54, 1.807) is 29.8 Å². The van der Waals surface area contributed by atoms with Crippen molar-refractivity contribution >= 4 is 22.8 Å². The number of likely N-dealkylation sites (N-methyl/N-ethyl adjacent to an activating group) is 1. The molecule has 2 aromatic rings. The molecule has 2 saturated heterocycles. The highest BCUT2D eigenvalue weighted by atomic mass is 16.5. The molecule has 3 heterocycles. The first-order chi connectivity index (χ1) is 14.7. The molecule has 1 aromatic carbocycles. The Labute approximate surface area is 180 Å². The molecule has 0 aliphatic carbocycles. The Morgan fingerprint density at radius 1 is 1.13 bits per heavy atom. The predicted molar refractivity (Wildman–Crippen MR) is 114 cm³/mol. The molecule has 0 atom stereocenters. The number of carbonyl (C=O) groups is 2. The fourth-order valence-electron chi connectivity index (χ4n) is 4.39. The van der Waals surface area contributed by atoms with Gasteiger partial charge in [-0.2, -0.15) is 0 Å². The number of hydrogen-bond donors (Lipinski definition) is 0. The van der Waals surface area contributed by atoms with Gasteiger partial charge in [0.05, 0.1) is 11.0 Å². The molecule has 0 radical (unpaired) electrons. The summed E-state index contributed by atoms with van der Waals surface area (Å²) in [6.45, 7) is 7.15. The van der Waals surface area contributed by atoms with Gasteiger partial charge < -0.3 is 23.7 Å². The lowest BCUT2D eigenvalue weighted by Crippen LogP contribution is -2.58. The van der Waals surface area contributed by atoms with Crippen LogP contribution in [0.3, 0.4) is 0 Å². The van der Waals surface area contributed by atoms with Crippen LogP contribution in [0.5, 0.6) is 5.75 Å². The molecule has 0 unspecified atom stereocenters. The third kappa shape index (κ3) is 4.04. The summed E-state index contributed by atoms with van der Waals surface area (Å²) in [6.07, 6.45) is 1.38. The Balaban J connectivity index is 1.44. The van der Waals surface area contributed by atoms with Gasteiger partial charge in [-0.15, -0.1) is 0 Å². The van der Waals surface area contributed by atoms with E-state index in [0.29, 0.717) is 49.4 Å². The van der Waals surface area contributed by atoms with Gasteiger partial charge in [-0.05, 0) is 56.9 Å². The number of amides is 2. The third-order valence-electron chi connectivity index (χ3n) is 6.49. The van der Waals surface area contributed by atoms with Crippen molar-refractivity contribution in [2.75, 3.05) is 39.9 Å². The van der Waals surface area contributed by atoms with Crippen molar-refractivity contribution in [2.24, 2.45) is 0 Å². The SMILES string of the molecule is Cc1cc(OCC(=O)N2CCC3(CC2)CN(C)C(=O)CO3)c2c(C)c(C)c(=O)oc2c1. The number of likely N-dealkylation sites (tertiary alicyclic amines) is 1. The number of benzene rings is 1. The highest BCUT2D eigenvalue weighted by Gasteiger charge is 2.42. The quantitative estimate of drug-likeness (QED) is 0.695. The molecule has 2 aliphatic heterocycles. The summed E-state index contributed by atoms with van der Waals surface area (Å²) in [4.78, 5) is 40.0. The standard InChI is InChI=1S/C23H28N2O6/c1-14-9-17(21-15(2)16(3)22(28)31-18(21)10-14)29-11-20(27)25-7-5-23(6-8-25)13-24(4)19(26)12-30-23/h9-10H,5-8,11-13H2,1-4H3. The highest BCUT2D eigenvalue weighted by molar-refractivity contribution is 5.88. The van der Waals surface area contributed by atoms with Crippen LogP contribution in [0.4, 0.5) is 0 Å². The van der Waals surface area contributed by atoms with Gasteiger partial charge in [0.2, 0.25) is 5.91 Å². The maximum absolute atomic E-state index is 12.8. The van der Waals surface area contributed by atoms with Crippen molar-refractivity contribution in [2.45, 2.75) is 39.2 Å². The summed E-state index contributed by atoms with van der Waals surface area (Å²) in [6, 6.07) is 3.66. The van der Waals surface area contributed by atoms with Gasteiger partial charge in [-0.25, -0.2) is 4.79 Å². The van der Waals surface area contributed by atoms with E-state index in [-0.39, 0.29) is 36.3 Å². The Morgan fingerprint density at radius 2 is 1.84 bits per heavy atom. The molecule has 0 N–H and O–H groups in total. The summed E-state index contributed by atoms with van der Waals surface area (Å²) < 4.78 is 17.2. The fourth-order valence-corrected chi connectivity index (χ4v) is 4.39. The monoisotopic (exact) mass is 428 g/mol. The number of fused-ring (bicyclic) bond motifs is 1. The van der Waals surface area contributed by atoms with E-state index in [2.05, 4.69) is 0 Å². The zero-order chi connectivity index (χ0) is 22.3. The Hall–Kier alpha value is -2.87. The minimum absolute atomic E-state index is 0.00993. The predicted octanol–water partition coefficient (Wildman–Crippen LogP) is 1.95. The minimum Gasteiger partial charge on any atom is -0.483 e. The van der Waals surface area contributed by atoms with Gasteiger partial charge in [0.25, 0.3) is 5.91 Å². The lowest BCUT2D eigenvalue weighted by Gasteiger charge is -2.46. The molecule has 0 bridgehead atoms. The van der Waals surface area contributed by atoms with Crippen molar-refractivity contribution < 1.29 is 23.5 Å². The Bertz CT molecular complexity index is 1100. The molecule has 1 spiro atoms. The summed E-state index contributed by atoms with van der Waals surface area (Å²) in [5.41, 5.74) is 1.95. The zero-order valence-corrected chi connectivity index (χ0v) is 18.4. The van der Waals surface area contributed by atoms with E-state index in [4.69, 9.17) is 13.9 Å². The molecule has 2 aliphatic rings. The smallest absolute Gasteiger partial charge is 0.339 e. The Kier molecular flexibility index (Phi) is 5.51. The van der Waals surface area contributed by atoms with Crippen molar-refractivity contribution in [3.05, 3.63) is 39.2 Å². The van der Waals surface area contributed by atoms with Gasteiger partial charge in [0.1, 0.15) is 17.9 Å². The van der Waals surface area contributed by atoms with Crippen LogP contribution < -0.4 is 10.4 Å². The van der Waals surface area contributed by atoms with Gasteiger partial charge in [-0.1, -0.05) is 0 Å². The van der Waals surface area contributed by atoms with Crippen molar-refractivity contribution in [3.8, 4) is 5.75 Å². The van der Waals surface area contributed by atoms with Crippen LogP contribution in [-0.4, -0.2) is 67.1 Å². The molecule has 1 aromatic heterocycles. The second kappa shape index (κ2) is 8.00. The zero-order valence-electron chi connectivity index (χ0n) is 18.4. The van der Waals surface area contributed by atoms with Crippen LogP contribution in [-0.2, 0) is 14.3 Å². The second-order valence-electron chi connectivity index (χ2n) is 8.67. The van der Waals surface area contributed by atoms with Crippen LogP contribution in [0.1, 0.15) is 29.5 Å². The summed E-state index contributed by atoms with van der Waals surface area (Å²) in [7, 11) is 1.79. The summed E-state index contributed by atoms with van der Waals surface area (Å²) in [5.74, 6) is 0.428. The molecule has 0 saturated carbocycles. The Morgan fingerprint density at radius 3 is 2.52 bits per heavy atom. The van der Waals surface area contributed by atoms with Crippen molar-refractivity contribution in [3.63, 3.8) is 0 Å². The average Bonchev–Trinajstić information content (AvgIpc) is 2.73. The molecule has 2 amide bonds. The molecular formula is C23H28N2O6. The first kappa shape index (κ1) is 21.4. The van der Waals surface area contributed by atoms with Crippen LogP contribution >= 0.6 is 0 Å². The van der Waals surface area contributed by atoms with Crippen LogP contribution in [0, 0.1) is 20.8 Å². The van der Waals surface area contributed by atoms with Gasteiger partial charge in [-0.3, -0.25) is 9.59 Å². The highest BCUT2D eigenvalue weighted by Crippen LogP contribution is 2.32. The van der Waals surface area contributed by atoms with Crippen molar-refractivity contribution in [1.82, 2.24) is 9.80 Å². The first-order valence-corrected chi connectivity index (χ1v) is 10.5. The van der Waals surface area contributed by atoms with E-state index < -0.39 is 0 Å². The lowest BCUT2D eigenvalue weighted by molar-refractivity contribution is -0.171. The number of carbonyl (C=O) groups excluding carboxylic acids is 2. The van der Waals surface area contributed by atoms with Gasteiger partial charge in [0.15, 0.2) is 6.61 Å². The number of rotatable bonds is 3. The average molecular weight is 428 g/mol. The van der Waals surface area contributed by atoms with Crippen LogP contribution in [0.2, 0.25) is 0 Å². The van der Waals surface area contributed by atoms with Gasteiger partial charge >= 0.3 is 5.63 Å². The molecule has 31 heavy (non-hydrogen) atoms. The van der Waals surface area contributed by atoms with E-state index in [1.165, 1.54) is 0 Å². The number of aryl methyl sites for hydroxylation is 2. The molecular weight excluding hydrogens is 400 g/mol. The molecule has 2 fully saturated rings. The fraction of sp³-hybridized carbons (Fsp3) is 0.522. The lowest BCUT2D eigenvalue weighted by atomic mass is 9.89. The normalized spacial score (nSPS) is 18.6. The van der Waals surface area contributed by atoms with Gasteiger partial charge in [0, 0.05) is 32.2 Å². The largest absolute Gasteiger partial charge is 0.483 e. The van der Waals surface area contributed by atoms with E-state index in [1.807, 2.05) is 19.9 Å². The summed E-state index contributed by atoms with van der Waals surface area (Å²) >= 11 is 0. The molecule has 8 nitrogen and oxygen atoms in total. The molecule has 4 rings (SSSR count). The maximum Gasteiger partial charge on any atom is 0.339 e.